The molecule has 0 bridgehead atoms. The lowest BCUT2D eigenvalue weighted by atomic mass is 9.92. The van der Waals surface area contributed by atoms with Crippen molar-refractivity contribution in [2.24, 2.45) is 0 Å². The van der Waals surface area contributed by atoms with E-state index < -0.39 is 5.97 Å². The van der Waals surface area contributed by atoms with Crippen molar-refractivity contribution in [2.75, 3.05) is 24.6 Å². The fraction of sp³-hybridized carbons (Fsp3) is 0.238. The summed E-state index contributed by atoms with van der Waals surface area (Å²) in [7, 11) is 0. The van der Waals surface area contributed by atoms with Crippen molar-refractivity contribution in [3.63, 3.8) is 0 Å². The van der Waals surface area contributed by atoms with E-state index in [0.29, 0.717) is 29.2 Å². The monoisotopic (exact) mass is 351 g/mol. The zero-order valence-electron chi connectivity index (χ0n) is 14.9. The highest BCUT2D eigenvalue weighted by Gasteiger charge is 2.29. The van der Waals surface area contributed by atoms with Gasteiger partial charge in [-0.1, -0.05) is 30.3 Å². The largest absolute Gasteiger partial charge is 0.493 e. The number of ketones is 1. The summed E-state index contributed by atoms with van der Waals surface area (Å²) >= 11 is 0. The third-order valence-corrected chi connectivity index (χ3v) is 4.33. The van der Waals surface area contributed by atoms with Crippen LogP contribution in [0.5, 0.6) is 5.75 Å². The standard InChI is InChI=1S/C21H21NO4/c1-3-26-18-10-5-4-8-15(18)11-16-12-22(13-19(23)24)20-14(2)7-6-9-17(20)21(16)25/h4-11H,3,12-13H2,1-2H3,(H,23,24)/b16-11+. The van der Waals surface area contributed by atoms with Gasteiger partial charge in [0.2, 0.25) is 0 Å². The number of carboxylic acid groups (broad SMARTS) is 1. The van der Waals surface area contributed by atoms with Crippen LogP contribution >= 0.6 is 0 Å². The number of para-hydroxylation sites is 2. The molecule has 3 rings (SSSR count). The van der Waals surface area contributed by atoms with Crippen molar-refractivity contribution in [3.05, 3.63) is 64.7 Å². The number of hydrogen-bond donors (Lipinski definition) is 1. The van der Waals surface area contributed by atoms with Crippen LogP contribution in [0.2, 0.25) is 0 Å². The normalized spacial score (nSPS) is 15.1. The Morgan fingerprint density at radius 2 is 2.00 bits per heavy atom. The van der Waals surface area contributed by atoms with E-state index in [4.69, 9.17) is 4.74 Å². The SMILES string of the molecule is CCOc1ccccc1/C=C1\CN(CC(=O)O)c2c(C)cccc2C1=O. The smallest absolute Gasteiger partial charge is 0.323 e. The summed E-state index contributed by atoms with van der Waals surface area (Å²) < 4.78 is 5.63. The van der Waals surface area contributed by atoms with Crippen molar-refractivity contribution < 1.29 is 19.4 Å². The number of rotatable bonds is 5. The molecule has 0 unspecified atom stereocenters. The molecule has 0 spiro atoms. The number of aryl methyl sites for hydroxylation is 1. The van der Waals surface area contributed by atoms with Gasteiger partial charge < -0.3 is 14.7 Å². The molecule has 5 nitrogen and oxygen atoms in total. The molecule has 2 aromatic rings. The maximum absolute atomic E-state index is 13.0. The Morgan fingerprint density at radius 1 is 1.23 bits per heavy atom. The van der Waals surface area contributed by atoms with E-state index in [1.807, 2.05) is 50.2 Å². The van der Waals surface area contributed by atoms with Crippen molar-refractivity contribution in [1.82, 2.24) is 0 Å². The van der Waals surface area contributed by atoms with Crippen LogP contribution in [0.3, 0.4) is 0 Å². The lowest BCUT2D eigenvalue weighted by molar-refractivity contribution is -0.135. The molecule has 0 fully saturated rings. The van der Waals surface area contributed by atoms with Gasteiger partial charge in [0.05, 0.1) is 12.3 Å². The number of carboxylic acids is 1. The first-order valence-corrected chi connectivity index (χ1v) is 8.54. The highest BCUT2D eigenvalue weighted by atomic mass is 16.5. The second-order valence-electron chi connectivity index (χ2n) is 6.19. The highest BCUT2D eigenvalue weighted by molar-refractivity contribution is 6.17. The van der Waals surface area contributed by atoms with Crippen LogP contribution in [0.25, 0.3) is 6.08 Å². The van der Waals surface area contributed by atoms with Crippen LogP contribution in [-0.4, -0.2) is 36.6 Å². The number of carbonyl (C=O) groups is 2. The average Bonchev–Trinajstić information content (AvgIpc) is 2.60. The molecule has 1 aliphatic heterocycles. The van der Waals surface area contributed by atoms with Gasteiger partial charge in [0.25, 0.3) is 0 Å². The minimum absolute atomic E-state index is 0.0726. The third-order valence-electron chi connectivity index (χ3n) is 4.33. The number of carbonyl (C=O) groups excluding carboxylic acids is 1. The number of aliphatic carboxylic acids is 1. The molecule has 0 aliphatic carbocycles. The number of anilines is 1. The molecule has 2 aromatic carbocycles. The van der Waals surface area contributed by atoms with Crippen LogP contribution in [0.4, 0.5) is 5.69 Å². The van der Waals surface area contributed by atoms with Crippen molar-refractivity contribution in [1.29, 1.82) is 0 Å². The van der Waals surface area contributed by atoms with Gasteiger partial charge in [0.1, 0.15) is 12.3 Å². The average molecular weight is 351 g/mol. The maximum atomic E-state index is 13.0. The number of ether oxygens (including phenoxy) is 1. The number of hydrogen-bond acceptors (Lipinski definition) is 4. The van der Waals surface area contributed by atoms with Crippen molar-refractivity contribution >= 4 is 23.5 Å². The topological polar surface area (TPSA) is 66.8 Å². The highest BCUT2D eigenvalue weighted by Crippen LogP contribution is 2.34. The first-order chi connectivity index (χ1) is 12.5. The van der Waals surface area contributed by atoms with E-state index in [0.717, 1.165) is 11.1 Å². The van der Waals surface area contributed by atoms with Crippen LogP contribution in [0.1, 0.15) is 28.4 Å². The first kappa shape index (κ1) is 17.7. The minimum atomic E-state index is -0.928. The molecule has 0 amide bonds. The molecular formula is C21H21NO4. The summed E-state index contributed by atoms with van der Waals surface area (Å²) in [5.74, 6) is -0.297. The predicted molar refractivity (Wildman–Crippen MR) is 101 cm³/mol. The molecule has 0 saturated carbocycles. The number of benzene rings is 2. The van der Waals surface area contributed by atoms with Gasteiger partial charge in [-0.15, -0.1) is 0 Å². The van der Waals surface area contributed by atoms with Gasteiger partial charge in [-0.05, 0) is 37.6 Å². The Labute approximate surface area is 152 Å². The fourth-order valence-corrected chi connectivity index (χ4v) is 3.28. The van der Waals surface area contributed by atoms with Crippen molar-refractivity contribution in [3.8, 4) is 5.75 Å². The van der Waals surface area contributed by atoms with Gasteiger partial charge in [-0.3, -0.25) is 9.59 Å². The lowest BCUT2D eigenvalue weighted by Gasteiger charge is -2.32. The van der Waals surface area contributed by atoms with Crippen LogP contribution in [0.15, 0.2) is 48.0 Å². The molecule has 0 saturated heterocycles. The Bertz CT molecular complexity index is 885. The number of nitrogens with zero attached hydrogens (tertiary/aromatic N) is 1. The molecule has 0 atom stereocenters. The zero-order chi connectivity index (χ0) is 18.7. The Morgan fingerprint density at radius 3 is 2.73 bits per heavy atom. The van der Waals surface area contributed by atoms with E-state index >= 15 is 0 Å². The quantitative estimate of drug-likeness (QED) is 0.834. The third kappa shape index (κ3) is 3.47. The van der Waals surface area contributed by atoms with E-state index in [1.54, 1.807) is 17.0 Å². The summed E-state index contributed by atoms with van der Waals surface area (Å²) in [4.78, 5) is 26.0. The van der Waals surface area contributed by atoms with E-state index in [1.165, 1.54) is 0 Å². The summed E-state index contributed by atoms with van der Waals surface area (Å²) in [6.45, 7) is 4.42. The molecule has 1 N–H and O–H groups in total. The molecule has 26 heavy (non-hydrogen) atoms. The van der Waals surface area contributed by atoms with Gasteiger partial charge in [0, 0.05) is 23.2 Å². The van der Waals surface area contributed by atoms with E-state index in [9.17, 15) is 14.7 Å². The van der Waals surface area contributed by atoms with Crippen LogP contribution in [-0.2, 0) is 4.79 Å². The second-order valence-corrected chi connectivity index (χ2v) is 6.19. The first-order valence-electron chi connectivity index (χ1n) is 8.54. The number of fused-ring (bicyclic) bond motifs is 1. The van der Waals surface area contributed by atoms with Gasteiger partial charge >= 0.3 is 5.97 Å². The Kier molecular flexibility index (Phi) is 5.07. The molecular weight excluding hydrogens is 330 g/mol. The van der Waals surface area contributed by atoms with Crippen LogP contribution < -0.4 is 9.64 Å². The predicted octanol–water partition coefficient (Wildman–Crippen LogP) is 3.56. The van der Waals surface area contributed by atoms with Gasteiger partial charge in [-0.2, -0.15) is 0 Å². The molecule has 1 heterocycles. The molecule has 5 heteroatoms. The van der Waals surface area contributed by atoms with E-state index in [2.05, 4.69) is 0 Å². The Hall–Kier alpha value is -3.08. The zero-order valence-corrected chi connectivity index (χ0v) is 14.9. The Balaban J connectivity index is 2.07. The second kappa shape index (κ2) is 7.44. The fourth-order valence-electron chi connectivity index (χ4n) is 3.28. The molecule has 134 valence electrons. The minimum Gasteiger partial charge on any atom is -0.493 e. The summed E-state index contributed by atoms with van der Waals surface area (Å²) in [5, 5.41) is 9.27. The molecule has 0 aromatic heterocycles. The van der Waals surface area contributed by atoms with Crippen LogP contribution in [0, 0.1) is 6.92 Å². The van der Waals surface area contributed by atoms with Gasteiger partial charge in [-0.25, -0.2) is 0 Å². The number of Topliss-reactive ketones (excluding diaryl/α,β-unsaturated/α-hetero) is 1. The molecule has 0 radical (unpaired) electrons. The lowest BCUT2D eigenvalue weighted by Crippen LogP contribution is -2.38. The van der Waals surface area contributed by atoms with E-state index in [-0.39, 0.29) is 18.9 Å². The van der Waals surface area contributed by atoms with Gasteiger partial charge in [0.15, 0.2) is 5.78 Å². The van der Waals surface area contributed by atoms with Crippen molar-refractivity contribution in [2.45, 2.75) is 13.8 Å². The molecule has 1 aliphatic rings. The maximum Gasteiger partial charge on any atom is 0.323 e. The summed E-state index contributed by atoms with van der Waals surface area (Å²) in [6, 6.07) is 13.0. The summed E-state index contributed by atoms with van der Waals surface area (Å²) in [5.41, 5.74) is 3.50. The summed E-state index contributed by atoms with van der Waals surface area (Å²) in [6.07, 6.45) is 1.80.